The van der Waals surface area contributed by atoms with E-state index in [1.165, 1.54) is 0 Å². The number of nitrogens with zero attached hydrogens (tertiary/aromatic N) is 2. The lowest BCUT2D eigenvalue weighted by atomic mass is 9.71. The molecule has 1 saturated carbocycles. The number of hydrogen-bond donors (Lipinski definition) is 0. The molecule has 274 valence electrons. The molecule has 6 nitrogen and oxygen atoms in total. The van der Waals surface area contributed by atoms with Crippen LogP contribution in [0.25, 0.3) is 0 Å². The van der Waals surface area contributed by atoms with E-state index in [-0.39, 0.29) is 31.6 Å². The maximum Gasteiger partial charge on any atom is 0.289 e. The largest absolute Gasteiger partial charge is 0.489 e. The zero-order valence-corrected chi connectivity index (χ0v) is 30.8. The molecule has 6 rings (SSSR count). The minimum Gasteiger partial charge on any atom is -0.489 e. The van der Waals surface area contributed by atoms with Crippen LogP contribution in [-0.2, 0) is 35.7 Å². The summed E-state index contributed by atoms with van der Waals surface area (Å²) in [5.74, 6) is -3.77. The Bertz CT molecular complexity index is 1830. The first-order chi connectivity index (χ1) is 25.2. The zero-order chi connectivity index (χ0) is 36.7. The fourth-order valence-corrected chi connectivity index (χ4v) is 7.33. The molecule has 5 atom stereocenters. The quantitative estimate of drug-likeness (QED) is 0.108. The second kappa shape index (κ2) is 16.9. The van der Waals surface area contributed by atoms with Gasteiger partial charge in [-0.1, -0.05) is 117 Å². The van der Waals surface area contributed by atoms with Gasteiger partial charge < -0.3 is 18.9 Å². The number of alkyl halides is 2. The van der Waals surface area contributed by atoms with E-state index in [4.69, 9.17) is 24.0 Å². The Morgan fingerprint density at radius 1 is 0.712 bits per heavy atom. The molecule has 1 heterocycles. The predicted molar refractivity (Wildman–Crippen MR) is 200 cm³/mol. The van der Waals surface area contributed by atoms with Crippen LogP contribution >= 0.6 is 0 Å². The lowest BCUT2D eigenvalue weighted by Gasteiger charge is -2.49. The molecule has 0 radical (unpaired) electrons. The maximum absolute atomic E-state index is 16.9. The van der Waals surface area contributed by atoms with Crippen LogP contribution in [0.2, 0.25) is 0 Å². The Labute approximate surface area is 306 Å². The minimum absolute atomic E-state index is 0.00720. The number of benzene rings is 4. The van der Waals surface area contributed by atoms with E-state index < -0.39 is 36.1 Å². The summed E-state index contributed by atoms with van der Waals surface area (Å²) in [7, 11) is 0. The average molecular weight is 709 g/mol. The minimum atomic E-state index is -3.23. The number of rotatable bonds is 15. The molecule has 1 aromatic heterocycles. The van der Waals surface area contributed by atoms with Gasteiger partial charge in [0.2, 0.25) is 5.88 Å². The van der Waals surface area contributed by atoms with Gasteiger partial charge in [-0.05, 0) is 67.5 Å². The predicted octanol–water partition coefficient (Wildman–Crippen LogP) is 10.2. The summed E-state index contributed by atoms with van der Waals surface area (Å²) in [5, 5.41) is 4.83. The lowest BCUT2D eigenvalue weighted by Crippen LogP contribution is -2.64. The molecule has 0 N–H and O–H groups in total. The summed E-state index contributed by atoms with van der Waals surface area (Å²) in [6.45, 7) is 10.6. The van der Waals surface area contributed by atoms with Crippen molar-refractivity contribution in [3.8, 4) is 11.6 Å². The van der Waals surface area contributed by atoms with Crippen LogP contribution in [0.1, 0.15) is 73.7 Å². The number of ether oxygens (including phenoxy) is 4. The topological polar surface area (TPSA) is 54.7 Å². The number of aromatic nitrogens is 2. The van der Waals surface area contributed by atoms with Gasteiger partial charge in [-0.15, -0.1) is 5.10 Å². The monoisotopic (exact) mass is 708 g/mol. The van der Waals surface area contributed by atoms with Crippen LogP contribution in [0.15, 0.2) is 115 Å². The molecular weight excluding hydrogens is 658 g/mol. The van der Waals surface area contributed by atoms with Crippen molar-refractivity contribution in [3.63, 3.8) is 0 Å². The van der Waals surface area contributed by atoms with Crippen LogP contribution in [-0.4, -0.2) is 34.0 Å². The third-order valence-corrected chi connectivity index (χ3v) is 10.2. The van der Waals surface area contributed by atoms with Crippen molar-refractivity contribution in [2.45, 2.75) is 97.6 Å². The Balaban J connectivity index is 1.31. The lowest BCUT2D eigenvalue weighted by molar-refractivity contribution is -0.268. The van der Waals surface area contributed by atoms with Crippen LogP contribution in [0.5, 0.6) is 11.6 Å². The Hall–Kier alpha value is -4.53. The summed E-state index contributed by atoms with van der Waals surface area (Å²) in [6.07, 6.45) is -2.66. The van der Waals surface area contributed by atoms with E-state index in [0.717, 1.165) is 39.3 Å². The van der Waals surface area contributed by atoms with Crippen LogP contribution in [0, 0.1) is 18.8 Å². The van der Waals surface area contributed by atoms with Crippen molar-refractivity contribution in [1.29, 1.82) is 0 Å². The van der Waals surface area contributed by atoms with E-state index in [0.29, 0.717) is 13.0 Å². The standard InChI is InChI=1S/C44H50F2N2O4/c1-6-39-31(4)40(50-28-35-18-12-8-13-19-35)41(51-29-36-20-14-9-15-21-36)42(44(39,45)46)52-43-38(32(5)48(47-43)30(2)3)26-33-22-24-37(25-23-33)49-27-34-16-10-7-11-17-34/h7-25,30-31,39-42H,6,26-29H2,1-5H3/t31-,39-,40+,41-,42+/m1/s1. The fourth-order valence-electron chi connectivity index (χ4n) is 7.33. The van der Waals surface area contributed by atoms with Crippen LogP contribution in [0.3, 0.4) is 0 Å². The second-order valence-corrected chi connectivity index (χ2v) is 14.1. The Kier molecular flexibility index (Phi) is 12.1. The highest BCUT2D eigenvalue weighted by molar-refractivity contribution is 5.39. The van der Waals surface area contributed by atoms with Crippen LogP contribution < -0.4 is 9.47 Å². The molecular formula is C44H50F2N2O4. The normalized spacial score (nSPS) is 21.3. The van der Waals surface area contributed by atoms with Crippen molar-refractivity contribution >= 4 is 0 Å². The van der Waals surface area contributed by atoms with Gasteiger partial charge in [-0.25, -0.2) is 8.78 Å². The highest BCUT2D eigenvalue weighted by atomic mass is 19.3. The molecule has 0 amide bonds. The number of hydrogen-bond acceptors (Lipinski definition) is 5. The first-order valence-corrected chi connectivity index (χ1v) is 18.3. The van der Waals surface area contributed by atoms with Gasteiger partial charge in [0, 0.05) is 29.6 Å². The highest BCUT2D eigenvalue weighted by Crippen LogP contribution is 2.48. The molecule has 0 spiro atoms. The van der Waals surface area contributed by atoms with Crippen molar-refractivity contribution < 1.29 is 27.7 Å². The summed E-state index contributed by atoms with van der Waals surface area (Å²) in [6, 6.07) is 37.3. The first-order valence-electron chi connectivity index (χ1n) is 18.3. The van der Waals surface area contributed by atoms with Crippen molar-refractivity contribution in [2.24, 2.45) is 11.8 Å². The summed E-state index contributed by atoms with van der Waals surface area (Å²) >= 11 is 0. The van der Waals surface area contributed by atoms with Gasteiger partial charge >= 0.3 is 0 Å². The number of halogens is 2. The fraction of sp³-hybridized carbons (Fsp3) is 0.386. The molecule has 0 unspecified atom stereocenters. The maximum atomic E-state index is 16.9. The third-order valence-electron chi connectivity index (χ3n) is 10.2. The van der Waals surface area contributed by atoms with E-state index in [2.05, 4.69) is 0 Å². The highest BCUT2D eigenvalue weighted by Gasteiger charge is 2.62. The van der Waals surface area contributed by atoms with Gasteiger partial charge in [-0.3, -0.25) is 4.68 Å². The molecule has 1 fully saturated rings. The van der Waals surface area contributed by atoms with Gasteiger partial charge in [0.25, 0.3) is 5.92 Å². The molecule has 8 heteroatoms. The van der Waals surface area contributed by atoms with Gasteiger partial charge in [-0.2, -0.15) is 0 Å². The smallest absolute Gasteiger partial charge is 0.289 e. The summed E-state index contributed by atoms with van der Waals surface area (Å²) < 4.78 is 61.3. The molecule has 52 heavy (non-hydrogen) atoms. The first kappa shape index (κ1) is 37.2. The van der Waals surface area contributed by atoms with Crippen LogP contribution in [0.4, 0.5) is 8.78 Å². The van der Waals surface area contributed by atoms with Crippen molar-refractivity contribution in [1.82, 2.24) is 9.78 Å². The molecule has 0 bridgehead atoms. The SMILES string of the molecule is CC[C@@H]1[C@@H](C)[C@H](OCc2ccccc2)[C@@H](OCc2ccccc2)[C@H](Oc2nn(C(C)C)c(C)c2Cc2ccc(OCc3ccccc3)cc2)C1(F)F. The summed E-state index contributed by atoms with van der Waals surface area (Å²) in [4.78, 5) is 0. The zero-order valence-electron chi connectivity index (χ0n) is 30.8. The van der Waals surface area contributed by atoms with Crippen molar-refractivity contribution in [3.05, 3.63) is 149 Å². The molecule has 0 saturated heterocycles. The molecule has 1 aliphatic carbocycles. The van der Waals surface area contributed by atoms with Crippen molar-refractivity contribution in [2.75, 3.05) is 0 Å². The second-order valence-electron chi connectivity index (χ2n) is 14.1. The third kappa shape index (κ3) is 8.56. The molecule has 5 aromatic rings. The van der Waals surface area contributed by atoms with E-state index >= 15 is 8.78 Å². The van der Waals surface area contributed by atoms with E-state index in [1.807, 2.05) is 155 Å². The Morgan fingerprint density at radius 3 is 1.75 bits per heavy atom. The Morgan fingerprint density at radius 2 is 1.23 bits per heavy atom. The van der Waals surface area contributed by atoms with Gasteiger partial charge in [0.15, 0.2) is 6.10 Å². The summed E-state index contributed by atoms with van der Waals surface area (Å²) in [5.41, 5.74) is 5.55. The van der Waals surface area contributed by atoms with Gasteiger partial charge in [0.1, 0.15) is 18.5 Å². The van der Waals surface area contributed by atoms with E-state index in [1.54, 1.807) is 0 Å². The van der Waals surface area contributed by atoms with E-state index in [9.17, 15) is 0 Å². The molecule has 1 aliphatic rings. The molecule has 0 aliphatic heterocycles. The van der Waals surface area contributed by atoms with Gasteiger partial charge in [0.05, 0.1) is 19.3 Å². The average Bonchev–Trinajstić information content (AvgIpc) is 3.46. The molecule has 4 aromatic carbocycles.